The fourth-order valence-corrected chi connectivity index (χ4v) is 4.50. The van der Waals surface area contributed by atoms with Crippen LogP contribution in [0.2, 0.25) is 0 Å². The molecule has 1 aliphatic carbocycles. The minimum absolute atomic E-state index is 0.0126. The number of aromatic nitrogens is 1. The lowest BCUT2D eigenvalue weighted by Gasteiger charge is -2.44. The second-order valence-electron chi connectivity index (χ2n) is 8.24. The van der Waals surface area contributed by atoms with Crippen LogP contribution in [0.5, 0.6) is 0 Å². The third kappa shape index (κ3) is 2.26. The maximum atomic E-state index is 4.69. The number of nitrogens with zero attached hydrogens (tertiary/aromatic N) is 1. The Morgan fingerprint density at radius 3 is 2.04 bits per heavy atom. The smallest absolute Gasteiger partial charge is 0.0707 e. The van der Waals surface area contributed by atoms with E-state index >= 15 is 0 Å². The van der Waals surface area contributed by atoms with E-state index in [-0.39, 0.29) is 10.8 Å². The number of rotatable bonds is 1. The summed E-state index contributed by atoms with van der Waals surface area (Å²) in [6.07, 6.45) is 1.92. The van der Waals surface area contributed by atoms with E-state index in [2.05, 4.69) is 94.2 Å². The second kappa shape index (κ2) is 5.29. The highest BCUT2D eigenvalue weighted by atomic mass is 14.7. The summed E-state index contributed by atoms with van der Waals surface area (Å²) in [7, 11) is 0. The van der Waals surface area contributed by atoms with Crippen molar-refractivity contribution >= 4 is 0 Å². The van der Waals surface area contributed by atoms with Crippen LogP contribution >= 0.6 is 0 Å². The zero-order valence-electron chi connectivity index (χ0n) is 15.7. The molecule has 3 aromatic rings. The molecular formula is C24H25N. The summed E-state index contributed by atoms with van der Waals surface area (Å²) in [6.45, 7) is 11.5. The number of hydrogen-bond acceptors (Lipinski definition) is 1. The first-order chi connectivity index (χ1) is 11.8. The molecule has 0 unspecified atom stereocenters. The van der Waals surface area contributed by atoms with Crippen molar-refractivity contribution in [3.05, 3.63) is 88.6 Å². The summed E-state index contributed by atoms with van der Waals surface area (Å²) in [5.41, 5.74) is 9.19. The van der Waals surface area contributed by atoms with Gasteiger partial charge in [-0.15, -0.1) is 0 Å². The molecule has 0 radical (unpaired) electrons. The molecule has 1 heteroatoms. The lowest BCUT2D eigenvalue weighted by Crippen LogP contribution is -2.37. The Balaban J connectivity index is 2.08. The van der Waals surface area contributed by atoms with Crippen LogP contribution in [0.25, 0.3) is 11.3 Å². The minimum Gasteiger partial charge on any atom is -0.256 e. The number of benzene rings is 2. The highest BCUT2D eigenvalue weighted by molar-refractivity contribution is 5.73. The molecule has 1 nitrogen and oxygen atoms in total. The maximum Gasteiger partial charge on any atom is 0.0707 e. The molecule has 0 bridgehead atoms. The first kappa shape index (κ1) is 16.1. The Kier molecular flexibility index (Phi) is 3.40. The maximum absolute atomic E-state index is 4.69. The van der Waals surface area contributed by atoms with Gasteiger partial charge < -0.3 is 0 Å². The van der Waals surface area contributed by atoms with Crippen molar-refractivity contribution in [2.24, 2.45) is 0 Å². The first-order valence-electron chi connectivity index (χ1n) is 9.00. The van der Waals surface area contributed by atoms with Gasteiger partial charge in [0.15, 0.2) is 0 Å². The fraction of sp³-hybridized carbons (Fsp3) is 0.292. The van der Waals surface area contributed by atoms with E-state index in [0.717, 1.165) is 5.69 Å². The van der Waals surface area contributed by atoms with E-state index in [9.17, 15) is 0 Å². The number of aryl methyl sites for hydroxylation is 1. The van der Waals surface area contributed by atoms with E-state index in [0.29, 0.717) is 0 Å². The van der Waals surface area contributed by atoms with Gasteiger partial charge >= 0.3 is 0 Å². The van der Waals surface area contributed by atoms with Gasteiger partial charge in [-0.25, -0.2) is 0 Å². The van der Waals surface area contributed by atoms with Crippen molar-refractivity contribution in [2.75, 3.05) is 0 Å². The van der Waals surface area contributed by atoms with Gasteiger partial charge in [-0.1, -0.05) is 70.2 Å². The van der Waals surface area contributed by atoms with Gasteiger partial charge in [0.25, 0.3) is 0 Å². The molecule has 126 valence electrons. The zero-order chi connectivity index (χ0) is 17.8. The van der Waals surface area contributed by atoms with Crippen LogP contribution < -0.4 is 0 Å². The molecule has 0 aliphatic heterocycles. The molecule has 4 rings (SSSR count). The molecule has 2 aromatic carbocycles. The van der Waals surface area contributed by atoms with Gasteiger partial charge in [0.05, 0.1) is 5.69 Å². The van der Waals surface area contributed by atoms with E-state index in [1.165, 1.54) is 33.4 Å². The number of hydrogen-bond donors (Lipinski definition) is 0. The third-order valence-corrected chi connectivity index (χ3v) is 5.83. The molecule has 1 aromatic heterocycles. The van der Waals surface area contributed by atoms with Crippen LogP contribution in [-0.2, 0) is 10.8 Å². The standard InChI is InChI=1S/C24H25N/c1-16-13-14-25-21(15-16)17-9-8-12-20-22(17)24(4,5)19-11-7-6-10-18(19)23(20,2)3/h6-15H,1-5H3. The van der Waals surface area contributed by atoms with Gasteiger partial charge in [-0.05, 0) is 46.9 Å². The number of pyridine rings is 1. The van der Waals surface area contributed by atoms with Crippen molar-refractivity contribution in [3.63, 3.8) is 0 Å². The van der Waals surface area contributed by atoms with E-state index in [4.69, 9.17) is 0 Å². The van der Waals surface area contributed by atoms with Crippen molar-refractivity contribution < 1.29 is 0 Å². The van der Waals surface area contributed by atoms with Crippen LogP contribution in [0, 0.1) is 6.92 Å². The van der Waals surface area contributed by atoms with Crippen LogP contribution in [0.1, 0.15) is 55.5 Å². The molecule has 0 amide bonds. The lowest BCUT2D eigenvalue weighted by atomic mass is 9.59. The van der Waals surface area contributed by atoms with Crippen LogP contribution in [0.15, 0.2) is 60.8 Å². The van der Waals surface area contributed by atoms with Gasteiger partial charge in [-0.3, -0.25) is 4.98 Å². The molecule has 0 atom stereocenters. The monoisotopic (exact) mass is 327 g/mol. The lowest BCUT2D eigenvalue weighted by molar-refractivity contribution is 0.522. The van der Waals surface area contributed by atoms with Crippen molar-refractivity contribution in [2.45, 2.75) is 45.4 Å². The first-order valence-corrected chi connectivity index (χ1v) is 9.00. The Morgan fingerprint density at radius 2 is 1.36 bits per heavy atom. The molecule has 0 N–H and O–H groups in total. The summed E-state index contributed by atoms with van der Waals surface area (Å²) in [5, 5.41) is 0. The summed E-state index contributed by atoms with van der Waals surface area (Å²) >= 11 is 0. The van der Waals surface area contributed by atoms with Gasteiger partial charge in [0.2, 0.25) is 0 Å². The van der Waals surface area contributed by atoms with Crippen LogP contribution in [0.4, 0.5) is 0 Å². The molecular weight excluding hydrogens is 302 g/mol. The predicted molar refractivity (Wildman–Crippen MR) is 105 cm³/mol. The predicted octanol–water partition coefficient (Wildman–Crippen LogP) is 6.02. The van der Waals surface area contributed by atoms with Crippen molar-refractivity contribution in [3.8, 4) is 11.3 Å². The molecule has 0 saturated heterocycles. The van der Waals surface area contributed by atoms with Crippen LogP contribution in [0.3, 0.4) is 0 Å². The van der Waals surface area contributed by atoms with Gasteiger partial charge in [0, 0.05) is 22.6 Å². The summed E-state index contributed by atoms with van der Waals surface area (Å²) in [4.78, 5) is 4.69. The second-order valence-corrected chi connectivity index (χ2v) is 8.24. The highest BCUT2D eigenvalue weighted by Gasteiger charge is 2.42. The molecule has 0 saturated carbocycles. The number of fused-ring (bicyclic) bond motifs is 2. The summed E-state index contributed by atoms with van der Waals surface area (Å²) in [6, 6.07) is 19.9. The topological polar surface area (TPSA) is 12.9 Å². The third-order valence-electron chi connectivity index (χ3n) is 5.83. The average molecular weight is 327 g/mol. The largest absolute Gasteiger partial charge is 0.256 e. The average Bonchev–Trinajstić information content (AvgIpc) is 2.60. The minimum atomic E-state index is -0.0521. The Labute approximate surface area is 150 Å². The normalized spacial score (nSPS) is 16.8. The molecule has 1 heterocycles. The van der Waals surface area contributed by atoms with Gasteiger partial charge in [-0.2, -0.15) is 0 Å². The quantitative estimate of drug-likeness (QED) is 0.532. The van der Waals surface area contributed by atoms with Gasteiger partial charge in [0.1, 0.15) is 0 Å². The van der Waals surface area contributed by atoms with Crippen LogP contribution in [-0.4, -0.2) is 4.98 Å². The molecule has 0 spiro atoms. The Hall–Kier alpha value is -2.41. The van der Waals surface area contributed by atoms with E-state index in [1.807, 2.05) is 6.20 Å². The van der Waals surface area contributed by atoms with E-state index in [1.54, 1.807) is 0 Å². The van der Waals surface area contributed by atoms with Crippen molar-refractivity contribution in [1.82, 2.24) is 4.98 Å². The zero-order valence-corrected chi connectivity index (χ0v) is 15.7. The summed E-state index contributed by atoms with van der Waals surface area (Å²) in [5.74, 6) is 0. The SMILES string of the molecule is Cc1ccnc(-c2cccc3c2C(C)(C)c2ccccc2C3(C)C)c1. The van der Waals surface area contributed by atoms with Crippen molar-refractivity contribution in [1.29, 1.82) is 0 Å². The van der Waals surface area contributed by atoms with E-state index < -0.39 is 0 Å². The molecule has 0 fully saturated rings. The molecule has 1 aliphatic rings. The molecule has 25 heavy (non-hydrogen) atoms. The fourth-order valence-electron chi connectivity index (χ4n) is 4.50. The Morgan fingerprint density at radius 1 is 0.720 bits per heavy atom. The highest BCUT2D eigenvalue weighted by Crippen LogP contribution is 2.52. The Bertz CT molecular complexity index is 963. The summed E-state index contributed by atoms with van der Waals surface area (Å²) < 4.78 is 0.